The summed E-state index contributed by atoms with van der Waals surface area (Å²) in [6, 6.07) is 31.9. The first-order chi connectivity index (χ1) is 16.5. The van der Waals surface area contributed by atoms with Crippen LogP contribution in [0.2, 0.25) is 0 Å². The van der Waals surface area contributed by atoms with E-state index in [1.807, 2.05) is 11.3 Å². The van der Waals surface area contributed by atoms with Crippen LogP contribution in [0.5, 0.6) is 0 Å². The van der Waals surface area contributed by atoms with Crippen LogP contribution in [-0.4, -0.2) is 4.98 Å². The molecule has 0 saturated carbocycles. The number of aryl methyl sites for hydroxylation is 1. The van der Waals surface area contributed by atoms with Crippen LogP contribution in [0.15, 0.2) is 96.6 Å². The van der Waals surface area contributed by atoms with E-state index in [0.717, 1.165) is 16.3 Å². The quantitative estimate of drug-likeness (QED) is 0.245. The molecule has 0 aliphatic heterocycles. The standard InChI is InChI=1S/C31H27NS2/c1-20(2)26(23-14-8-5-9-15-23)28-30(34-31(32-28)25-18-12-7-13-19-25)27-21(3)29(33-22(27)4)24-16-10-6-11-17-24/h5-19H,1-4H3. The minimum absolute atomic E-state index is 1.06. The van der Waals surface area contributed by atoms with Crippen LogP contribution in [0, 0.1) is 13.8 Å². The van der Waals surface area contributed by atoms with Crippen molar-refractivity contribution in [2.75, 3.05) is 0 Å². The summed E-state index contributed by atoms with van der Waals surface area (Å²) in [6.07, 6.45) is 0. The molecule has 0 aliphatic rings. The Bertz CT molecular complexity index is 1450. The zero-order chi connectivity index (χ0) is 23.7. The second-order valence-corrected chi connectivity index (χ2v) is 10.9. The molecule has 0 amide bonds. The van der Waals surface area contributed by atoms with E-state index >= 15 is 0 Å². The maximum Gasteiger partial charge on any atom is 0.124 e. The molecule has 3 heteroatoms. The highest BCUT2D eigenvalue weighted by Crippen LogP contribution is 2.48. The Hall–Kier alpha value is -3.27. The molecule has 5 rings (SSSR count). The van der Waals surface area contributed by atoms with Gasteiger partial charge < -0.3 is 0 Å². The summed E-state index contributed by atoms with van der Waals surface area (Å²) in [5, 5.41) is 1.06. The van der Waals surface area contributed by atoms with Crippen LogP contribution in [0.25, 0.3) is 37.0 Å². The fourth-order valence-electron chi connectivity index (χ4n) is 4.48. The van der Waals surface area contributed by atoms with Gasteiger partial charge in [0.1, 0.15) is 5.01 Å². The van der Waals surface area contributed by atoms with Gasteiger partial charge in [-0.25, -0.2) is 4.98 Å². The van der Waals surface area contributed by atoms with E-state index in [4.69, 9.17) is 4.98 Å². The zero-order valence-electron chi connectivity index (χ0n) is 19.9. The molecule has 0 bridgehead atoms. The lowest BCUT2D eigenvalue weighted by Gasteiger charge is -2.11. The maximum absolute atomic E-state index is 5.28. The van der Waals surface area contributed by atoms with E-state index in [9.17, 15) is 0 Å². The fourth-order valence-corrected chi connectivity index (χ4v) is 6.96. The number of thiophene rings is 1. The molecule has 0 N–H and O–H groups in total. The number of allylic oxidation sites excluding steroid dienone is 1. The molecule has 0 fully saturated rings. The van der Waals surface area contributed by atoms with Gasteiger partial charge in [-0.1, -0.05) is 96.6 Å². The largest absolute Gasteiger partial charge is 0.235 e. The Morgan fingerprint density at radius 2 is 1.21 bits per heavy atom. The van der Waals surface area contributed by atoms with Crippen molar-refractivity contribution in [1.29, 1.82) is 0 Å². The van der Waals surface area contributed by atoms with Gasteiger partial charge in [0.05, 0.1) is 10.6 Å². The van der Waals surface area contributed by atoms with Crippen molar-refractivity contribution in [3.63, 3.8) is 0 Å². The Morgan fingerprint density at radius 1 is 0.647 bits per heavy atom. The van der Waals surface area contributed by atoms with Crippen molar-refractivity contribution in [3.8, 4) is 31.5 Å². The minimum atomic E-state index is 1.06. The summed E-state index contributed by atoms with van der Waals surface area (Å²) in [6.45, 7) is 8.89. The van der Waals surface area contributed by atoms with Crippen molar-refractivity contribution in [2.45, 2.75) is 27.7 Å². The number of hydrogen-bond donors (Lipinski definition) is 0. The van der Waals surface area contributed by atoms with Gasteiger partial charge in [-0.15, -0.1) is 22.7 Å². The van der Waals surface area contributed by atoms with E-state index in [2.05, 4.69) is 119 Å². The van der Waals surface area contributed by atoms with Crippen molar-refractivity contribution in [2.24, 2.45) is 0 Å². The van der Waals surface area contributed by atoms with Gasteiger partial charge in [0.25, 0.3) is 0 Å². The van der Waals surface area contributed by atoms with E-state index in [-0.39, 0.29) is 0 Å². The molecule has 0 radical (unpaired) electrons. The number of rotatable bonds is 5. The lowest BCUT2D eigenvalue weighted by Crippen LogP contribution is -1.94. The van der Waals surface area contributed by atoms with Crippen LogP contribution in [0.3, 0.4) is 0 Å². The van der Waals surface area contributed by atoms with Crippen LogP contribution in [-0.2, 0) is 0 Å². The molecular formula is C31H27NS2. The van der Waals surface area contributed by atoms with Crippen molar-refractivity contribution >= 4 is 28.2 Å². The predicted octanol–water partition coefficient (Wildman–Crippen LogP) is 9.66. The second-order valence-electron chi connectivity index (χ2n) is 8.66. The third kappa shape index (κ3) is 4.18. The average molecular weight is 478 g/mol. The molecule has 34 heavy (non-hydrogen) atoms. The first kappa shape index (κ1) is 22.5. The van der Waals surface area contributed by atoms with Crippen molar-refractivity contribution in [1.82, 2.24) is 4.98 Å². The zero-order valence-corrected chi connectivity index (χ0v) is 21.6. The van der Waals surface area contributed by atoms with Crippen molar-refractivity contribution < 1.29 is 0 Å². The average Bonchev–Trinajstić information content (AvgIpc) is 3.41. The number of thiazole rings is 1. The minimum Gasteiger partial charge on any atom is -0.235 e. The summed E-state index contributed by atoms with van der Waals surface area (Å²) in [4.78, 5) is 9.22. The lowest BCUT2D eigenvalue weighted by atomic mass is 9.95. The molecule has 0 saturated heterocycles. The van der Waals surface area contributed by atoms with Crippen LogP contribution >= 0.6 is 22.7 Å². The van der Waals surface area contributed by atoms with E-state index in [1.165, 1.54) is 48.0 Å². The van der Waals surface area contributed by atoms with E-state index in [0.29, 0.717) is 0 Å². The maximum atomic E-state index is 5.28. The highest BCUT2D eigenvalue weighted by molar-refractivity contribution is 7.20. The molecule has 1 nitrogen and oxygen atoms in total. The molecule has 3 aromatic carbocycles. The number of benzene rings is 3. The number of aromatic nitrogens is 1. The Labute approximate surface area is 210 Å². The van der Waals surface area contributed by atoms with Crippen LogP contribution in [0.4, 0.5) is 0 Å². The van der Waals surface area contributed by atoms with Gasteiger partial charge in [-0.3, -0.25) is 0 Å². The molecule has 2 heterocycles. The molecule has 0 unspecified atom stereocenters. The van der Waals surface area contributed by atoms with Gasteiger partial charge in [-0.2, -0.15) is 0 Å². The van der Waals surface area contributed by atoms with Crippen molar-refractivity contribution in [3.05, 3.63) is 118 Å². The van der Waals surface area contributed by atoms with Gasteiger partial charge in [-0.05, 0) is 44.4 Å². The Morgan fingerprint density at radius 3 is 1.79 bits per heavy atom. The SMILES string of the molecule is CC(C)=C(c1ccccc1)c1nc(-c2ccccc2)sc1-c1c(C)sc(-c2ccccc2)c1C. The summed E-state index contributed by atoms with van der Waals surface area (Å²) < 4.78 is 0. The Kier molecular flexibility index (Phi) is 6.32. The van der Waals surface area contributed by atoms with Gasteiger partial charge in [0.2, 0.25) is 0 Å². The third-order valence-corrected chi connectivity index (χ3v) is 8.41. The van der Waals surface area contributed by atoms with Gasteiger partial charge >= 0.3 is 0 Å². The summed E-state index contributed by atoms with van der Waals surface area (Å²) in [5.41, 5.74) is 9.88. The number of hydrogen-bond acceptors (Lipinski definition) is 3. The summed E-state index contributed by atoms with van der Waals surface area (Å²) in [7, 11) is 0. The molecule has 0 atom stereocenters. The van der Waals surface area contributed by atoms with Crippen LogP contribution in [0.1, 0.15) is 35.5 Å². The molecule has 0 aliphatic carbocycles. The molecule has 5 aromatic rings. The first-order valence-electron chi connectivity index (χ1n) is 11.5. The first-order valence-corrected chi connectivity index (χ1v) is 13.1. The highest BCUT2D eigenvalue weighted by atomic mass is 32.1. The number of nitrogens with zero attached hydrogens (tertiary/aromatic N) is 1. The smallest absolute Gasteiger partial charge is 0.124 e. The van der Waals surface area contributed by atoms with Gasteiger partial charge in [0, 0.05) is 26.5 Å². The van der Waals surface area contributed by atoms with Gasteiger partial charge in [0.15, 0.2) is 0 Å². The van der Waals surface area contributed by atoms with Crippen LogP contribution < -0.4 is 0 Å². The second kappa shape index (κ2) is 9.54. The predicted molar refractivity (Wildman–Crippen MR) is 150 cm³/mol. The third-order valence-electron chi connectivity index (χ3n) is 6.03. The fraction of sp³-hybridized carbons (Fsp3) is 0.129. The molecular weight excluding hydrogens is 450 g/mol. The molecule has 0 spiro atoms. The summed E-state index contributed by atoms with van der Waals surface area (Å²) >= 11 is 3.69. The molecule has 168 valence electrons. The normalized spacial score (nSPS) is 10.9. The molecule has 2 aromatic heterocycles. The van der Waals surface area contributed by atoms with E-state index in [1.54, 1.807) is 11.3 Å². The Balaban J connectivity index is 1.77. The topological polar surface area (TPSA) is 12.9 Å². The monoisotopic (exact) mass is 477 g/mol. The highest BCUT2D eigenvalue weighted by Gasteiger charge is 2.24. The van der Waals surface area contributed by atoms with E-state index < -0.39 is 0 Å². The summed E-state index contributed by atoms with van der Waals surface area (Å²) in [5.74, 6) is 0. The lowest BCUT2D eigenvalue weighted by molar-refractivity contribution is 1.30.